The summed E-state index contributed by atoms with van der Waals surface area (Å²) in [4.78, 5) is 14.1. The molecule has 0 aliphatic heterocycles. The summed E-state index contributed by atoms with van der Waals surface area (Å²) in [6.45, 7) is 3.82. The summed E-state index contributed by atoms with van der Waals surface area (Å²) in [6, 6.07) is 4.22. The molecule has 0 bridgehead atoms. The van der Waals surface area contributed by atoms with E-state index in [1.165, 1.54) is 30.6 Å². The van der Waals surface area contributed by atoms with Gasteiger partial charge in [-0.15, -0.1) is 11.3 Å². The Labute approximate surface area is 128 Å². The van der Waals surface area contributed by atoms with E-state index in [0.717, 1.165) is 39.6 Å². The fraction of sp³-hybridized carbons (Fsp3) is 0.500. The van der Waals surface area contributed by atoms with Gasteiger partial charge in [0, 0.05) is 10.9 Å². The van der Waals surface area contributed by atoms with Crippen LogP contribution in [0.4, 0.5) is 0 Å². The zero-order chi connectivity index (χ0) is 14.8. The maximum absolute atomic E-state index is 12.3. The predicted molar refractivity (Wildman–Crippen MR) is 83.6 cm³/mol. The molecule has 0 radical (unpaired) electrons. The highest BCUT2D eigenvalue weighted by Crippen LogP contribution is 2.33. The Morgan fingerprint density at radius 2 is 2.05 bits per heavy atom. The van der Waals surface area contributed by atoms with Crippen molar-refractivity contribution in [2.75, 3.05) is 0 Å². The standard InChI is InChI=1S/C16H20N2O2S/c1-10-15(11(2)20-18-10)13-8-9-14(21-13)16(19)17-12-6-4-3-5-7-12/h8-9,12H,3-7H2,1-2H3,(H,17,19). The Morgan fingerprint density at radius 1 is 1.29 bits per heavy atom. The van der Waals surface area contributed by atoms with Gasteiger partial charge in [0.1, 0.15) is 5.76 Å². The number of aryl methyl sites for hydroxylation is 2. The van der Waals surface area contributed by atoms with E-state index in [1.807, 2.05) is 26.0 Å². The van der Waals surface area contributed by atoms with E-state index in [2.05, 4.69) is 10.5 Å². The molecular weight excluding hydrogens is 284 g/mol. The fourth-order valence-corrected chi connectivity index (χ4v) is 3.99. The van der Waals surface area contributed by atoms with Gasteiger partial charge in [0.15, 0.2) is 0 Å². The number of carbonyl (C=O) groups excluding carboxylic acids is 1. The number of rotatable bonds is 3. The molecule has 2 aromatic heterocycles. The molecule has 21 heavy (non-hydrogen) atoms. The third kappa shape index (κ3) is 3.02. The third-order valence-electron chi connectivity index (χ3n) is 4.05. The first kappa shape index (κ1) is 14.3. The largest absolute Gasteiger partial charge is 0.361 e. The molecule has 2 aromatic rings. The van der Waals surface area contributed by atoms with Crippen LogP contribution in [0.2, 0.25) is 0 Å². The summed E-state index contributed by atoms with van der Waals surface area (Å²) >= 11 is 1.50. The van der Waals surface area contributed by atoms with Gasteiger partial charge in [-0.25, -0.2) is 0 Å². The fourth-order valence-electron chi connectivity index (χ4n) is 2.93. The van der Waals surface area contributed by atoms with E-state index >= 15 is 0 Å². The maximum atomic E-state index is 12.3. The van der Waals surface area contributed by atoms with E-state index in [0.29, 0.717) is 6.04 Å². The second-order valence-corrected chi connectivity index (χ2v) is 6.76. The van der Waals surface area contributed by atoms with Gasteiger partial charge in [-0.2, -0.15) is 0 Å². The molecule has 1 amide bonds. The SMILES string of the molecule is Cc1noc(C)c1-c1ccc(C(=O)NC2CCCCC2)s1. The minimum Gasteiger partial charge on any atom is -0.361 e. The number of aromatic nitrogens is 1. The molecule has 0 aromatic carbocycles. The molecule has 112 valence electrons. The average molecular weight is 304 g/mol. The van der Waals surface area contributed by atoms with Crippen LogP contribution in [0.5, 0.6) is 0 Å². The number of amides is 1. The highest BCUT2D eigenvalue weighted by Gasteiger charge is 2.19. The van der Waals surface area contributed by atoms with E-state index in [9.17, 15) is 4.79 Å². The Morgan fingerprint density at radius 3 is 2.71 bits per heavy atom. The Kier molecular flexibility index (Phi) is 4.10. The van der Waals surface area contributed by atoms with Crippen LogP contribution in [0, 0.1) is 13.8 Å². The lowest BCUT2D eigenvalue weighted by molar-refractivity contribution is 0.0932. The van der Waals surface area contributed by atoms with Crippen molar-refractivity contribution in [3.63, 3.8) is 0 Å². The van der Waals surface area contributed by atoms with Crippen LogP contribution in [-0.4, -0.2) is 17.1 Å². The number of hydrogen-bond donors (Lipinski definition) is 1. The summed E-state index contributed by atoms with van der Waals surface area (Å²) in [5, 5.41) is 7.13. The van der Waals surface area contributed by atoms with Crippen LogP contribution in [0.1, 0.15) is 53.2 Å². The van der Waals surface area contributed by atoms with Gasteiger partial charge >= 0.3 is 0 Å². The van der Waals surface area contributed by atoms with Crippen molar-refractivity contribution in [2.24, 2.45) is 0 Å². The minimum atomic E-state index is 0.0462. The van der Waals surface area contributed by atoms with Crippen LogP contribution < -0.4 is 5.32 Å². The summed E-state index contributed by atoms with van der Waals surface area (Å²) in [5.74, 6) is 0.846. The summed E-state index contributed by atoms with van der Waals surface area (Å²) in [6.07, 6.45) is 5.95. The van der Waals surface area contributed by atoms with Crippen molar-refractivity contribution in [3.8, 4) is 10.4 Å². The Bertz CT molecular complexity index is 619. The summed E-state index contributed by atoms with van der Waals surface area (Å²) in [5.41, 5.74) is 1.88. The number of nitrogens with one attached hydrogen (secondary N) is 1. The van der Waals surface area contributed by atoms with Gasteiger partial charge in [-0.05, 0) is 38.8 Å². The van der Waals surface area contributed by atoms with Gasteiger partial charge in [0.25, 0.3) is 5.91 Å². The van der Waals surface area contributed by atoms with Crippen molar-refractivity contribution in [3.05, 3.63) is 28.5 Å². The maximum Gasteiger partial charge on any atom is 0.261 e. The molecule has 2 heterocycles. The van der Waals surface area contributed by atoms with E-state index < -0.39 is 0 Å². The quantitative estimate of drug-likeness (QED) is 0.929. The molecule has 5 heteroatoms. The highest BCUT2D eigenvalue weighted by molar-refractivity contribution is 7.17. The smallest absolute Gasteiger partial charge is 0.261 e. The van der Waals surface area contributed by atoms with Gasteiger partial charge in [0.2, 0.25) is 0 Å². The Balaban J connectivity index is 1.74. The molecule has 1 aliphatic carbocycles. The van der Waals surface area contributed by atoms with E-state index in [4.69, 9.17) is 4.52 Å². The first-order chi connectivity index (χ1) is 10.1. The van der Waals surface area contributed by atoms with Crippen molar-refractivity contribution < 1.29 is 9.32 Å². The summed E-state index contributed by atoms with van der Waals surface area (Å²) in [7, 11) is 0. The molecule has 1 N–H and O–H groups in total. The molecule has 4 nitrogen and oxygen atoms in total. The molecule has 0 spiro atoms. The number of carbonyl (C=O) groups is 1. The van der Waals surface area contributed by atoms with Crippen LogP contribution in [0.3, 0.4) is 0 Å². The van der Waals surface area contributed by atoms with Crippen LogP contribution in [0.25, 0.3) is 10.4 Å². The lowest BCUT2D eigenvalue weighted by Gasteiger charge is -2.22. The minimum absolute atomic E-state index is 0.0462. The number of nitrogens with zero attached hydrogens (tertiary/aromatic N) is 1. The molecular formula is C16H20N2O2S. The van der Waals surface area contributed by atoms with Crippen LogP contribution >= 0.6 is 11.3 Å². The van der Waals surface area contributed by atoms with Gasteiger partial charge in [-0.3, -0.25) is 4.79 Å². The Hall–Kier alpha value is -1.62. The number of hydrogen-bond acceptors (Lipinski definition) is 4. The van der Waals surface area contributed by atoms with Crippen LogP contribution in [0.15, 0.2) is 16.7 Å². The third-order valence-corrected chi connectivity index (χ3v) is 5.15. The normalized spacial score (nSPS) is 16.1. The van der Waals surface area contributed by atoms with E-state index in [-0.39, 0.29) is 5.91 Å². The zero-order valence-electron chi connectivity index (χ0n) is 12.4. The van der Waals surface area contributed by atoms with Crippen molar-refractivity contribution >= 4 is 17.2 Å². The van der Waals surface area contributed by atoms with Gasteiger partial charge in [0.05, 0.1) is 16.1 Å². The van der Waals surface area contributed by atoms with Crippen molar-refractivity contribution in [2.45, 2.75) is 52.0 Å². The lowest BCUT2D eigenvalue weighted by Crippen LogP contribution is -2.35. The highest BCUT2D eigenvalue weighted by atomic mass is 32.1. The molecule has 0 atom stereocenters. The first-order valence-electron chi connectivity index (χ1n) is 7.49. The molecule has 3 rings (SSSR count). The second-order valence-electron chi connectivity index (χ2n) is 5.67. The van der Waals surface area contributed by atoms with E-state index in [1.54, 1.807) is 0 Å². The lowest BCUT2D eigenvalue weighted by atomic mass is 9.95. The van der Waals surface area contributed by atoms with Crippen LogP contribution in [-0.2, 0) is 0 Å². The van der Waals surface area contributed by atoms with Gasteiger partial charge < -0.3 is 9.84 Å². The van der Waals surface area contributed by atoms with Gasteiger partial charge in [-0.1, -0.05) is 24.4 Å². The zero-order valence-corrected chi connectivity index (χ0v) is 13.3. The average Bonchev–Trinajstić information content (AvgIpc) is 3.07. The topological polar surface area (TPSA) is 55.1 Å². The number of thiophene rings is 1. The summed E-state index contributed by atoms with van der Waals surface area (Å²) < 4.78 is 5.20. The van der Waals surface area contributed by atoms with Crippen molar-refractivity contribution in [1.29, 1.82) is 0 Å². The molecule has 1 fully saturated rings. The van der Waals surface area contributed by atoms with Crippen molar-refractivity contribution in [1.82, 2.24) is 10.5 Å². The predicted octanol–water partition coefficient (Wildman–Crippen LogP) is 4.08. The monoisotopic (exact) mass is 304 g/mol. The molecule has 1 saturated carbocycles. The molecule has 1 aliphatic rings. The first-order valence-corrected chi connectivity index (χ1v) is 8.31. The second kappa shape index (κ2) is 6.02. The molecule has 0 unspecified atom stereocenters. The molecule has 0 saturated heterocycles.